The van der Waals surface area contributed by atoms with Gasteiger partial charge in [-0.3, -0.25) is 9.69 Å². The van der Waals surface area contributed by atoms with Crippen molar-refractivity contribution < 1.29 is 13.6 Å². The Kier molecular flexibility index (Phi) is 5.35. The molecule has 7 heteroatoms. The molecule has 1 fully saturated rings. The summed E-state index contributed by atoms with van der Waals surface area (Å²) in [5.41, 5.74) is 0.620. The van der Waals surface area contributed by atoms with Crippen molar-refractivity contribution in [1.82, 2.24) is 14.8 Å². The number of likely N-dealkylation sites (N-methyl/N-ethyl adjacent to an activating group) is 1. The van der Waals surface area contributed by atoms with Gasteiger partial charge in [0, 0.05) is 38.8 Å². The van der Waals surface area contributed by atoms with Gasteiger partial charge in [-0.1, -0.05) is 6.07 Å². The predicted molar refractivity (Wildman–Crippen MR) is 91.3 cm³/mol. The standard InChI is InChI=1S/C18H20F2N4O/c1-23-7-9-24(10-8-23)12-14-3-2-4-17(21-14)22-18(25)15-6-5-13(19)11-16(15)20/h2-6,11H,7-10,12H2,1H3,(H,21,22,25). The first-order valence-electron chi connectivity index (χ1n) is 8.14. The fourth-order valence-corrected chi connectivity index (χ4v) is 2.73. The quantitative estimate of drug-likeness (QED) is 0.923. The molecule has 2 aromatic rings. The van der Waals surface area contributed by atoms with Crippen molar-refractivity contribution in [1.29, 1.82) is 0 Å². The van der Waals surface area contributed by atoms with Crippen LogP contribution in [0.3, 0.4) is 0 Å². The Balaban J connectivity index is 1.66. The lowest BCUT2D eigenvalue weighted by atomic mass is 10.2. The van der Waals surface area contributed by atoms with Gasteiger partial charge in [-0.15, -0.1) is 0 Å². The van der Waals surface area contributed by atoms with Crippen LogP contribution in [0.25, 0.3) is 0 Å². The van der Waals surface area contributed by atoms with E-state index in [1.807, 2.05) is 6.07 Å². The van der Waals surface area contributed by atoms with E-state index in [1.165, 1.54) is 0 Å². The number of amides is 1. The Hall–Kier alpha value is -2.38. The fraction of sp³-hybridized carbons (Fsp3) is 0.333. The number of nitrogens with one attached hydrogen (secondary N) is 1. The Bertz CT molecular complexity index is 760. The molecule has 1 aromatic heterocycles. The lowest BCUT2D eigenvalue weighted by molar-refractivity contribution is 0.102. The average molecular weight is 346 g/mol. The summed E-state index contributed by atoms with van der Waals surface area (Å²) in [6.45, 7) is 4.66. The van der Waals surface area contributed by atoms with Gasteiger partial charge in [-0.25, -0.2) is 13.8 Å². The van der Waals surface area contributed by atoms with Gasteiger partial charge in [0.15, 0.2) is 0 Å². The second-order valence-electron chi connectivity index (χ2n) is 6.17. The molecule has 132 valence electrons. The zero-order valence-corrected chi connectivity index (χ0v) is 14.0. The van der Waals surface area contributed by atoms with Crippen LogP contribution in [0.15, 0.2) is 36.4 Å². The van der Waals surface area contributed by atoms with Crippen LogP contribution in [0.5, 0.6) is 0 Å². The van der Waals surface area contributed by atoms with Crippen LogP contribution in [0, 0.1) is 11.6 Å². The Morgan fingerprint density at radius 3 is 2.64 bits per heavy atom. The van der Waals surface area contributed by atoms with Crippen LogP contribution in [0.1, 0.15) is 16.1 Å². The second-order valence-corrected chi connectivity index (χ2v) is 6.17. The van der Waals surface area contributed by atoms with Crippen molar-refractivity contribution in [3.8, 4) is 0 Å². The van der Waals surface area contributed by atoms with Gasteiger partial charge in [-0.2, -0.15) is 0 Å². The van der Waals surface area contributed by atoms with E-state index in [0.29, 0.717) is 18.4 Å². The summed E-state index contributed by atoms with van der Waals surface area (Å²) in [4.78, 5) is 21.1. The number of carbonyl (C=O) groups excluding carboxylic acids is 1. The highest BCUT2D eigenvalue weighted by atomic mass is 19.1. The molecule has 3 rings (SSSR count). The van der Waals surface area contributed by atoms with Crippen LogP contribution in [-0.4, -0.2) is 53.9 Å². The number of hydrogen-bond donors (Lipinski definition) is 1. The molecule has 0 spiro atoms. The van der Waals surface area contributed by atoms with Gasteiger partial charge < -0.3 is 10.2 Å². The molecule has 1 saturated heterocycles. The molecule has 25 heavy (non-hydrogen) atoms. The SMILES string of the molecule is CN1CCN(Cc2cccc(NC(=O)c3ccc(F)cc3F)n2)CC1. The van der Waals surface area contributed by atoms with Gasteiger partial charge >= 0.3 is 0 Å². The zero-order valence-electron chi connectivity index (χ0n) is 14.0. The van der Waals surface area contributed by atoms with E-state index in [-0.39, 0.29) is 5.56 Å². The molecule has 1 aliphatic heterocycles. The summed E-state index contributed by atoms with van der Waals surface area (Å²) in [5.74, 6) is -1.92. The summed E-state index contributed by atoms with van der Waals surface area (Å²) in [7, 11) is 2.10. The molecule has 0 radical (unpaired) electrons. The Labute approximate surface area is 145 Å². The maximum Gasteiger partial charge on any atom is 0.259 e. The minimum absolute atomic E-state index is 0.215. The van der Waals surface area contributed by atoms with E-state index in [9.17, 15) is 13.6 Å². The Morgan fingerprint density at radius 1 is 1.16 bits per heavy atom. The minimum Gasteiger partial charge on any atom is -0.306 e. The van der Waals surface area contributed by atoms with Crippen molar-refractivity contribution in [2.24, 2.45) is 0 Å². The van der Waals surface area contributed by atoms with Gasteiger partial charge in [0.1, 0.15) is 17.5 Å². The highest BCUT2D eigenvalue weighted by Crippen LogP contribution is 2.13. The number of nitrogens with zero attached hydrogens (tertiary/aromatic N) is 3. The lowest BCUT2D eigenvalue weighted by Crippen LogP contribution is -2.44. The molecular weight excluding hydrogens is 326 g/mol. The lowest BCUT2D eigenvalue weighted by Gasteiger charge is -2.32. The third-order valence-electron chi connectivity index (χ3n) is 4.21. The maximum atomic E-state index is 13.7. The van der Waals surface area contributed by atoms with Crippen molar-refractivity contribution in [2.75, 3.05) is 38.5 Å². The minimum atomic E-state index is -0.897. The van der Waals surface area contributed by atoms with Gasteiger partial charge in [-0.05, 0) is 31.3 Å². The summed E-state index contributed by atoms with van der Waals surface area (Å²) in [6.07, 6.45) is 0. The van der Waals surface area contributed by atoms with E-state index in [4.69, 9.17) is 0 Å². The number of carbonyl (C=O) groups is 1. The van der Waals surface area contributed by atoms with Crippen LogP contribution in [0.2, 0.25) is 0 Å². The van der Waals surface area contributed by atoms with Crippen molar-refractivity contribution in [3.63, 3.8) is 0 Å². The molecule has 1 amide bonds. The summed E-state index contributed by atoms with van der Waals surface area (Å²) in [5, 5.41) is 2.56. The first-order valence-corrected chi connectivity index (χ1v) is 8.14. The zero-order chi connectivity index (χ0) is 17.8. The molecule has 0 atom stereocenters. The molecule has 0 bridgehead atoms. The third kappa shape index (κ3) is 4.58. The van der Waals surface area contributed by atoms with Crippen molar-refractivity contribution in [2.45, 2.75) is 6.54 Å². The molecule has 2 heterocycles. The summed E-state index contributed by atoms with van der Waals surface area (Å²) < 4.78 is 26.6. The van der Waals surface area contributed by atoms with Crippen molar-refractivity contribution >= 4 is 11.7 Å². The molecule has 0 saturated carbocycles. The number of pyridine rings is 1. The summed E-state index contributed by atoms with van der Waals surface area (Å²) >= 11 is 0. The highest BCUT2D eigenvalue weighted by molar-refractivity contribution is 6.03. The van der Waals surface area contributed by atoms with E-state index in [0.717, 1.165) is 44.0 Å². The number of piperazine rings is 1. The monoisotopic (exact) mass is 346 g/mol. The first-order chi connectivity index (χ1) is 12.0. The smallest absolute Gasteiger partial charge is 0.259 e. The van der Waals surface area contributed by atoms with E-state index < -0.39 is 17.5 Å². The van der Waals surface area contributed by atoms with Crippen LogP contribution in [0.4, 0.5) is 14.6 Å². The van der Waals surface area contributed by atoms with E-state index >= 15 is 0 Å². The van der Waals surface area contributed by atoms with E-state index in [1.54, 1.807) is 12.1 Å². The van der Waals surface area contributed by atoms with Gasteiger partial charge in [0.2, 0.25) is 0 Å². The molecule has 1 aromatic carbocycles. The number of benzene rings is 1. The van der Waals surface area contributed by atoms with Gasteiger partial charge in [0.05, 0.1) is 11.3 Å². The van der Waals surface area contributed by atoms with Gasteiger partial charge in [0.25, 0.3) is 5.91 Å². The number of anilines is 1. The van der Waals surface area contributed by atoms with Crippen LogP contribution < -0.4 is 5.32 Å². The number of aromatic nitrogens is 1. The maximum absolute atomic E-state index is 13.7. The van der Waals surface area contributed by atoms with Crippen LogP contribution >= 0.6 is 0 Å². The summed E-state index contributed by atoms with van der Waals surface area (Å²) in [6, 6.07) is 8.20. The van der Waals surface area contributed by atoms with Crippen molar-refractivity contribution in [3.05, 3.63) is 59.3 Å². The largest absolute Gasteiger partial charge is 0.306 e. The average Bonchev–Trinajstić information content (AvgIpc) is 2.57. The normalized spacial score (nSPS) is 16.0. The molecule has 0 aliphatic carbocycles. The molecular formula is C18H20F2N4O. The number of hydrogen-bond acceptors (Lipinski definition) is 4. The molecule has 0 unspecified atom stereocenters. The molecule has 1 N–H and O–H groups in total. The number of rotatable bonds is 4. The first kappa shape index (κ1) is 17.4. The third-order valence-corrected chi connectivity index (χ3v) is 4.21. The fourth-order valence-electron chi connectivity index (χ4n) is 2.73. The number of halogens is 2. The van der Waals surface area contributed by atoms with E-state index in [2.05, 4.69) is 27.1 Å². The second kappa shape index (κ2) is 7.67. The Morgan fingerprint density at radius 2 is 1.92 bits per heavy atom. The molecule has 5 nitrogen and oxygen atoms in total. The highest BCUT2D eigenvalue weighted by Gasteiger charge is 2.16. The molecule has 1 aliphatic rings. The van der Waals surface area contributed by atoms with Crippen LogP contribution in [-0.2, 0) is 6.54 Å². The topological polar surface area (TPSA) is 48.5 Å². The predicted octanol–water partition coefficient (Wildman–Crippen LogP) is 2.36.